The van der Waals surface area contributed by atoms with E-state index in [-0.39, 0.29) is 12.1 Å². The predicted octanol–water partition coefficient (Wildman–Crippen LogP) is 2.01. The third-order valence-corrected chi connectivity index (χ3v) is 3.65. The highest BCUT2D eigenvalue weighted by Crippen LogP contribution is 2.25. The number of nitro groups is 1. The van der Waals surface area contributed by atoms with E-state index in [9.17, 15) is 19.7 Å². The lowest BCUT2D eigenvalue weighted by Gasteiger charge is -2.21. The van der Waals surface area contributed by atoms with Gasteiger partial charge in [-0.25, -0.2) is 9.59 Å². The molecular weight excluding hydrogens is 318 g/mol. The number of aromatic nitrogens is 1. The number of hydrogen-bond acceptors (Lipinski definition) is 6. The maximum atomic E-state index is 12.2. The molecule has 9 nitrogen and oxygen atoms in total. The quantitative estimate of drug-likeness (QED) is 0.503. The number of nitrogens with zero attached hydrogens (tertiary/aromatic N) is 1. The Labute approximate surface area is 136 Å². The largest absolute Gasteiger partial charge is 0.421 e. The van der Waals surface area contributed by atoms with Crippen LogP contribution in [0.1, 0.15) is 19.4 Å². The molecule has 1 aliphatic heterocycles. The number of ether oxygens (including phenoxy) is 2. The van der Waals surface area contributed by atoms with Gasteiger partial charge in [0.2, 0.25) is 0 Å². The summed E-state index contributed by atoms with van der Waals surface area (Å²) in [5.41, 5.74) is 1.26. The number of hydrogen-bond donors (Lipinski definition) is 2. The first-order valence-corrected chi connectivity index (χ1v) is 7.22. The summed E-state index contributed by atoms with van der Waals surface area (Å²) in [6.45, 7) is 2.94. The number of rotatable bonds is 3. The van der Waals surface area contributed by atoms with Crippen LogP contribution in [0.5, 0.6) is 0 Å². The summed E-state index contributed by atoms with van der Waals surface area (Å²) >= 11 is 0. The van der Waals surface area contributed by atoms with Crippen molar-refractivity contribution in [1.29, 1.82) is 0 Å². The molecule has 1 fully saturated rings. The maximum Gasteiger partial charge on any atom is 0.411 e. The topological polar surface area (TPSA) is 124 Å². The van der Waals surface area contributed by atoms with Crippen molar-refractivity contribution in [2.24, 2.45) is 0 Å². The zero-order chi connectivity index (χ0) is 17.5. The number of non-ortho nitro benzene ring substituents is 1. The van der Waals surface area contributed by atoms with Crippen LogP contribution in [0.15, 0.2) is 24.4 Å². The predicted molar refractivity (Wildman–Crippen MR) is 82.2 cm³/mol. The number of nitrogens with one attached hydrogen (secondary N) is 2. The molecule has 0 unspecified atom stereocenters. The number of esters is 1. The summed E-state index contributed by atoms with van der Waals surface area (Å²) in [6.07, 6.45) is 1.07. The van der Waals surface area contributed by atoms with Crippen molar-refractivity contribution in [3.05, 3.63) is 40.1 Å². The van der Waals surface area contributed by atoms with Crippen molar-refractivity contribution >= 4 is 28.7 Å². The van der Waals surface area contributed by atoms with Crippen molar-refractivity contribution < 1.29 is 24.0 Å². The number of H-pyrrole nitrogens is 1. The monoisotopic (exact) mass is 333 g/mol. The van der Waals surface area contributed by atoms with Crippen LogP contribution >= 0.6 is 0 Å². The van der Waals surface area contributed by atoms with Gasteiger partial charge in [0.15, 0.2) is 0 Å². The van der Waals surface area contributed by atoms with E-state index >= 15 is 0 Å². The summed E-state index contributed by atoms with van der Waals surface area (Å²) < 4.78 is 10.1. The highest BCUT2D eigenvalue weighted by atomic mass is 16.7. The SMILES string of the molecule is CC1(C)OC(=O)N[C@@H](Cc2c[nH]c3cc([N+](=O)[O-])ccc23)C(=O)O1. The molecule has 1 atom stereocenters. The van der Waals surface area contributed by atoms with Crippen LogP contribution in [-0.2, 0) is 20.7 Å². The summed E-state index contributed by atoms with van der Waals surface area (Å²) in [6, 6.07) is 3.49. The maximum absolute atomic E-state index is 12.2. The van der Waals surface area contributed by atoms with E-state index in [1.54, 1.807) is 12.3 Å². The molecule has 0 saturated carbocycles. The fourth-order valence-corrected chi connectivity index (χ4v) is 2.60. The Kier molecular flexibility index (Phi) is 3.63. The van der Waals surface area contributed by atoms with Gasteiger partial charge in [0.1, 0.15) is 6.04 Å². The van der Waals surface area contributed by atoms with E-state index in [4.69, 9.17) is 9.47 Å². The first kappa shape index (κ1) is 15.8. The van der Waals surface area contributed by atoms with Gasteiger partial charge in [-0.05, 0) is 11.6 Å². The second kappa shape index (κ2) is 5.52. The number of carbonyl (C=O) groups is 2. The third kappa shape index (κ3) is 3.00. The van der Waals surface area contributed by atoms with E-state index in [2.05, 4.69) is 10.3 Å². The first-order chi connectivity index (χ1) is 11.2. The molecule has 3 rings (SSSR count). The van der Waals surface area contributed by atoms with Crippen LogP contribution in [0.3, 0.4) is 0 Å². The molecule has 2 N–H and O–H groups in total. The van der Waals surface area contributed by atoms with Crippen molar-refractivity contribution in [3.63, 3.8) is 0 Å². The van der Waals surface area contributed by atoms with E-state index in [1.165, 1.54) is 26.0 Å². The fourth-order valence-electron chi connectivity index (χ4n) is 2.60. The minimum Gasteiger partial charge on any atom is -0.421 e. The molecule has 1 saturated heterocycles. The third-order valence-electron chi connectivity index (χ3n) is 3.65. The molecule has 0 bridgehead atoms. The molecule has 0 spiro atoms. The number of nitro benzene ring substituents is 1. The van der Waals surface area contributed by atoms with Gasteiger partial charge in [0.05, 0.1) is 10.4 Å². The lowest BCUT2D eigenvalue weighted by molar-refractivity contribution is -0.384. The van der Waals surface area contributed by atoms with Crippen molar-refractivity contribution in [2.75, 3.05) is 0 Å². The van der Waals surface area contributed by atoms with E-state index in [0.29, 0.717) is 5.52 Å². The fraction of sp³-hybridized carbons (Fsp3) is 0.333. The molecule has 1 aromatic carbocycles. The van der Waals surface area contributed by atoms with Gasteiger partial charge >= 0.3 is 12.1 Å². The minimum absolute atomic E-state index is 0.0340. The van der Waals surface area contributed by atoms with Crippen molar-refractivity contribution in [3.8, 4) is 0 Å². The molecule has 9 heteroatoms. The van der Waals surface area contributed by atoms with Crippen LogP contribution in [0.25, 0.3) is 10.9 Å². The Balaban J connectivity index is 1.88. The minimum atomic E-state index is -1.34. The lowest BCUT2D eigenvalue weighted by Crippen LogP contribution is -2.40. The van der Waals surface area contributed by atoms with Gasteiger partial charge in [-0.2, -0.15) is 0 Å². The van der Waals surface area contributed by atoms with Gasteiger partial charge in [0, 0.05) is 44.0 Å². The Bertz CT molecular complexity index is 841. The molecule has 24 heavy (non-hydrogen) atoms. The number of aromatic amines is 1. The molecular formula is C15H15N3O6. The Hall–Kier alpha value is -3.10. The average Bonchev–Trinajstić information content (AvgIpc) is 2.83. The standard InChI is InChI=1S/C15H15N3O6/c1-15(2)23-13(19)12(17-14(20)24-15)5-8-7-16-11-6-9(18(21)22)3-4-10(8)11/h3-4,6-7,12,16H,5H2,1-2H3,(H,17,20)/t12-/m0/s1. The highest BCUT2D eigenvalue weighted by molar-refractivity contribution is 5.87. The highest BCUT2D eigenvalue weighted by Gasteiger charge is 2.37. The number of cyclic esters (lactones) is 2. The van der Waals surface area contributed by atoms with Crippen LogP contribution in [0.4, 0.5) is 10.5 Å². The summed E-state index contributed by atoms with van der Waals surface area (Å²) in [7, 11) is 0. The summed E-state index contributed by atoms with van der Waals surface area (Å²) in [5.74, 6) is -1.95. The van der Waals surface area contributed by atoms with Crippen LogP contribution in [0, 0.1) is 10.1 Å². The second-order valence-electron chi connectivity index (χ2n) is 5.91. The summed E-state index contributed by atoms with van der Waals surface area (Å²) in [5, 5.41) is 14.0. The van der Waals surface area contributed by atoms with E-state index < -0.39 is 28.8 Å². The number of carbonyl (C=O) groups excluding carboxylic acids is 2. The Morgan fingerprint density at radius 2 is 2.04 bits per heavy atom. The molecule has 0 aliphatic carbocycles. The number of alkyl carbamates (subject to hydrolysis) is 1. The van der Waals surface area contributed by atoms with Gasteiger partial charge in [-0.15, -0.1) is 0 Å². The molecule has 2 heterocycles. The lowest BCUT2D eigenvalue weighted by atomic mass is 10.0. The average molecular weight is 333 g/mol. The zero-order valence-electron chi connectivity index (χ0n) is 13.0. The first-order valence-electron chi connectivity index (χ1n) is 7.22. The molecule has 1 aromatic heterocycles. The van der Waals surface area contributed by atoms with Crippen molar-refractivity contribution in [1.82, 2.24) is 10.3 Å². The smallest absolute Gasteiger partial charge is 0.411 e. The van der Waals surface area contributed by atoms with E-state index in [0.717, 1.165) is 10.9 Å². The zero-order valence-corrected chi connectivity index (χ0v) is 13.0. The number of amides is 1. The van der Waals surface area contributed by atoms with Crippen molar-refractivity contribution in [2.45, 2.75) is 32.1 Å². The van der Waals surface area contributed by atoms with Crippen LogP contribution in [-0.4, -0.2) is 33.8 Å². The summed E-state index contributed by atoms with van der Waals surface area (Å²) in [4.78, 5) is 37.1. The second-order valence-corrected chi connectivity index (χ2v) is 5.91. The van der Waals surface area contributed by atoms with Crippen LogP contribution < -0.4 is 5.32 Å². The van der Waals surface area contributed by atoms with Gasteiger partial charge in [0.25, 0.3) is 11.5 Å². The molecule has 1 aliphatic rings. The number of fused-ring (bicyclic) bond motifs is 1. The molecule has 2 aromatic rings. The van der Waals surface area contributed by atoms with Gasteiger partial charge in [-0.1, -0.05) is 0 Å². The van der Waals surface area contributed by atoms with Gasteiger partial charge < -0.3 is 19.8 Å². The molecule has 1 amide bonds. The molecule has 0 radical (unpaired) electrons. The number of benzene rings is 1. The van der Waals surface area contributed by atoms with E-state index in [1.807, 2.05) is 0 Å². The normalized spacial score (nSPS) is 20.0. The molecule has 126 valence electrons. The Morgan fingerprint density at radius 1 is 1.29 bits per heavy atom. The van der Waals surface area contributed by atoms with Crippen LogP contribution in [0.2, 0.25) is 0 Å². The van der Waals surface area contributed by atoms with Gasteiger partial charge in [-0.3, -0.25) is 10.1 Å². The Morgan fingerprint density at radius 3 is 2.75 bits per heavy atom.